The largest absolute Gasteiger partial charge is 0.484 e. The Kier molecular flexibility index (Phi) is 4.50. The molecule has 0 saturated heterocycles. The fourth-order valence-electron chi connectivity index (χ4n) is 2.68. The van der Waals surface area contributed by atoms with Crippen molar-refractivity contribution in [3.05, 3.63) is 63.4 Å². The number of ether oxygens (including phenoxy) is 1. The van der Waals surface area contributed by atoms with Gasteiger partial charge in [0.2, 0.25) is 0 Å². The molecule has 2 aromatic rings. The maximum absolute atomic E-state index is 13.4. The predicted molar refractivity (Wildman–Crippen MR) is 92.2 cm³/mol. The Bertz CT molecular complexity index is 938. The van der Waals surface area contributed by atoms with Gasteiger partial charge in [-0.3, -0.25) is 4.55 Å². The fourth-order valence-corrected chi connectivity index (χ4v) is 3.93. The Labute approximate surface area is 147 Å². The highest BCUT2D eigenvalue weighted by Crippen LogP contribution is 2.35. The van der Waals surface area contributed by atoms with E-state index >= 15 is 0 Å². The number of halogens is 2. The average Bonchev–Trinajstić information content (AvgIpc) is 2.46. The van der Waals surface area contributed by atoms with Gasteiger partial charge in [-0.25, -0.2) is 4.39 Å². The number of fused-ring (bicyclic) bond motifs is 1. The maximum Gasteiger partial charge on any atom is 0.294 e. The van der Waals surface area contributed by atoms with Crippen molar-refractivity contribution in [1.29, 1.82) is 0 Å². The summed E-state index contributed by atoms with van der Waals surface area (Å²) < 4.78 is 52.2. The van der Waals surface area contributed by atoms with Crippen molar-refractivity contribution < 1.29 is 22.1 Å². The first kappa shape index (κ1) is 17.1. The minimum atomic E-state index is -4.31. The van der Waals surface area contributed by atoms with E-state index in [9.17, 15) is 17.4 Å². The summed E-state index contributed by atoms with van der Waals surface area (Å²) in [6.45, 7) is 1.84. The highest BCUT2D eigenvalue weighted by atomic mass is 79.9. The summed E-state index contributed by atoms with van der Waals surface area (Å²) in [7, 11) is -4.31. The van der Waals surface area contributed by atoms with Crippen LogP contribution in [0.15, 0.2) is 45.8 Å². The lowest BCUT2D eigenvalue weighted by Crippen LogP contribution is -2.21. The highest BCUT2D eigenvalue weighted by molar-refractivity contribution is 9.10. The molecule has 1 heterocycles. The summed E-state index contributed by atoms with van der Waals surface area (Å²) in [5.74, 6) is 0.129. The summed E-state index contributed by atoms with van der Waals surface area (Å²) in [5.41, 5.74) is 1.95. The van der Waals surface area contributed by atoms with Crippen molar-refractivity contribution in [2.24, 2.45) is 0 Å². The van der Waals surface area contributed by atoms with Crippen LogP contribution in [-0.4, -0.2) is 19.1 Å². The third kappa shape index (κ3) is 3.53. The summed E-state index contributed by atoms with van der Waals surface area (Å²) in [6.07, 6.45) is 3.31. The van der Waals surface area contributed by atoms with Crippen LogP contribution in [0.3, 0.4) is 0 Å². The molecule has 0 bridgehead atoms. The lowest BCUT2D eigenvalue weighted by atomic mass is 10.0. The monoisotopic (exact) mass is 412 g/mol. The van der Waals surface area contributed by atoms with Crippen molar-refractivity contribution in [3.63, 3.8) is 0 Å². The second-order valence-corrected chi connectivity index (χ2v) is 7.86. The van der Waals surface area contributed by atoms with Gasteiger partial charge in [0.15, 0.2) is 0 Å². The molecule has 0 aliphatic carbocycles. The smallest absolute Gasteiger partial charge is 0.294 e. The van der Waals surface area contributed by atoms with Crippen molar-refractivity contribution in [2.75, 3.05) is 0 Å². The first-order valence-electron chi connectivity index (χ1n) is 7.15. The first-order chi connectivity index (χ1) is 11.2. The molecule has 0 spiro atoms. The molecule has 1 N–H and O–H groups in total. The Hall–Kier alpha value is -1.70. The molecule has 0 radical (unpaired) electrons. The number of hydrogen-bond donors (Lipinski definition) is 1. The van der Waals surface area contributed by atoms with Gasteiger partial charge in [0.25, 0.3) is 10.1 Å². The van der Waals surface area contributed by atoms with Crippen LogP contribution in [0.4, 0.5) is 4.39 Å². The summed E-state index contributed by atoms with van der Waals surface area (Å²) >= 11 is 3.27. The minimum absolute atomic E-state index is 0.130. The van der Waals surface area contributed by atoms with Crippen LogP contribution in [0, 0.1) is 12.7 Å². The van der Waals surface area contributed by atoms with Gasteiger partial charge < -0.3 is 4.74 Å². The zero-order valence-corrected chi connectivity index (χ0v) is 15.1. The van der Waals surface area contributed by atoms with E-state index in [2.05, 4.69) is 15.9 Å². The first-order valence-corrected chi connectivity index (χ1v) is 9.38. The van der Waals surface area contributed by atoms with E-state index in [0.717, 1.165) is 5.56 Å². The van der Waals surface area contributed by atoms with Crippen LogP contribution >= 0.6 is 15.9 Å². The quantitative estimate of drug-likeness (QED) is 0.768. The molecule has 0 saturated carbocycles. The van der Waals surface area contributed by atoms with Gasteiger partial charge in [0, 0.05) is 12.0 Å². The second kappa shape index (κ2) is 6.31. The van der Waals surface area contributed by atoms with Crippen molar-refractivity contribution >= 4 is 32.1 Å². The van der Waals surface area contributed by atoms with Crippen LogP contribution in [0.2, 0.25) is 0 Å². The average molecular weight is 413 g/mol. The van der Waals surface area contributed by atoms with Gasteiger partial charge in [0.05, 0.1) is 9.37 Å². The molecule has 0 fully saturated rings. The number of benzene rings is 2. The summed E-state index contributed by atoms with van der Waals surface area (Å²) in [4.78, 5) is -0.130. The highest BCUT2D eigenvalue weighted by Gasteiger charge is 2.22. The number of aryl methyl sites for hydroxylation is 1. The van der Waals surface area contributed by atoms with Crippen molar-refractivity contribution in [2.45, 2.75) is 24.3 Å². The molecule has 1 aliphatic heterocycles. The molecule has 4 nitrogen and oxygen atoms in total. The van der Waals surface area contributed by atoms with E-state index in [4.69, 9.17) is 4.74 Å². The molecule has 3 rings (SSSR count). The number of hydrogen-bond acceptors (Lipinski definition) is 3. The summed E-state index contributed by atoms with van der Waals surface area (Å²) in [5, 5.41) is 0. The third-order valence-corrected chi connectivity index (χ3v) is 5.25. The molecular weight excluding hydrogens is 399 g/mol. The molecule has 1 atom stereocenters. The van der Waals surface area contributed by atoms with Gasteiger partial charge in [0.1, 0.15) is 17.7 Å². The minimum Gasteiger partial charge on any atom is -0.484 e. The van der Waals surface area contributed by atoms with E-state index in [0.29, 0.717) is 21.3 Å². The molecular formula is C17H14BrFO4S. The van der Waals surface area contributed by atoms with Crippen molar-refractivity contribution in [3.8, 4) is 5.75 Å². The fraction of sp³-hybridized carbons (Fsp3) is 0.176. The zero-order valence-electron chi connectivity index (χ0n) is 12.7. The lowest BCUT2D eigenvalue weighted by Gasteiger charge is -2.23. The van der Waals surface area contributed by atoms with Gasteiger partial charge in [-0.2, -0.15) is 8.42 Å². The molecule has 0 amide bonds. The van der Waals surface area contributed by atoms with Crippen LogP contribution in [0.5, 0.6) is 5.75 Å². The van der Waals surface area contributed by atoms with Gasteiger partial charge in [-0.05, 0) is 52.7 Å². The molecule has 126 valence electrons. The van der Waals surface area contributed by atoms with Crippen LogP contribution < -0.4 is 4.74 Å². The number of rotatable bonds is 3. The van der Waals surface area contributed by atoms with E-state index in [1.807, 2.05) is 6.92 Å². The standard InChI is InChI=1S/C17H14BrFO4S/c1-10-2-5-16(24(20,21)22)12(6-10)8-14-4-3-11-7-13(19)9-15(18)17(11)23-14/h2-7,9,14H,8H2,1H3,(H,20,21,22)/t14-/m0/s1. The molecule has 2 aromatic carbocycles. The molecule has 0 aromatic heterocycles. The van der Waals surface area contributed by atoms with Gasteiger partial charge in [-0.1, -0.05) is 23.8 Å². The van der Waals surface area contributed by atoms with Gasteiger partial charge in [-0.15, -0.1) is 0 Å². The van der Waals surface area contributed by atoms with E-state index in [1.54, 1.807) is 24.3 Å². The van der Waals surface area contributed by atoms with E-state index < -0.39 is 16.2 Å². The van der Waals surface area contributed by atoms with Crippen LogP contribution in [-0.2, 0) is 16.5 Å². The Balaban J connectivity index is 1.93. The topological polar surface area (TPSA) is 63.6 Å². The Morgan fingerprint density at radius 1 is 1.29 bits per heavy atom. The predicted octanol–water partition coefficient (Wildman–Crippen LogP) is 4.16. The SMILES string of the molecule is Cc1ccc(S(=O)(=O)O)c(C[C@@H]2C=Cc3cc(F)cc(Br)c3O2)c1. The zero-order chi connectivity index (χ0) is 17.5. The van der Waals surface area contributed by atoms with Crippen LogP contribution in [0.25, 0.3) is 6.08 Å². The molecule has 0 unspecified atom stereocenters. The van der Waals surface area contributed by atoms with E-state index in [1.165, 1.54) is 18.2 Å². The molecule has 1 aliphatic rings. The third-order valence-electron chi connectivity index (χ3n) is 3.71. The summed E-state index contributed by atoms with van der Waals surface area (Å²) in [6, 6.07) is 7.38. The van der Waals surface area contributed by atoms with Crippen molar-refractivity contribution in [1.82, 2.24) is 0 Å². The molecule has 24 heavy (non-hydrogen) atoms. The Morgan fingerprint density at radius 2 is 2.04 bits per heavy atom. The second-order valence-electron chi connectivity index (χ2n) is 5.61. The molecule has 7 heteroatoms. The Morgan fingerprint density at radius 3 is 2.75 bits per heavy atom. The lowest BCUT2D eigenvalue weighted by molar-refractivity contribution is 0.243. The van der Waals surface area contributed by atoms with Crippen LogP contribution in [0.1, 0.15) is 16.7 Å². The maximum atomic E-state index is 13.4. The normalized spacial score (nSPS) is 16.6. The van der Waals surface area contributed by atoms with E-state index in [-0.39, 0.29) is 17.1 Å². The van der Waals surface area contributed by atoms with Gasteiger partial charge >= 0.3 is 0 Å².